The zero-order valence-electron chi connectivity index (χ0n) is 15.6. The molecule has 3 aromatic rings. The lowest BCUT2D eigenvalue weighted by atomic mass is 10.1. The molecule has 1 aliphatic heterocycles. The summed E-state index contributed by atoms with van der Waals surface area (Å²) in [5, 5.41) is 4.34. The van der Waals surface area contributed by atoms with Crippen LogP contribution >= 0.6 is 0 Å². The van der Waals surface area contributed by atoms with Crippen LogP contribution in [-0.4, -0.2) is 51.7 Å². The summed E-state index contributed by atoms with van der Waals surface area (Å²) >= 11 is 0. The number of rotatable bonds is 4. The first kappa shape index (κ1) is 17.5. The van der Waals surface area contributed by atoms with E-state index in [1.807, 2.05) is 41.4 Å². The predicted octanol–water partition coefficient (Wildman–Crippen LogP) is 3.14. The standard InChI is InChI=1S/C22H24N4O/c1-18-7-5-6-8-19(18)16-24-11-13-25(14-12-24)22(27)20-15-23-26(17-20)21-9-3-2-4-10-21/h2-10,15,17H,11-14,16H2,1H3. The normalized spacial score (nSPS) is 15.1. The highest BCUT2D eigenvalue weighted by atomic mass is 16.2. The van der Waals surface area contributed by atoms with Gasteiger partial charge in [0, 0.05) is 38.9 Å². The van der Waals surface area contributed by atoms with Gasteiger partial charge in [0.05, 0.1) is 17.4 Å². The smallest absolute Gasteiger partial charge is 0.257 e. The van der Waals surface area contributed by atoms with Crippen molar-refractivity contribution in [2.24, 2.45) is 0 Å². The predicted molar refractivity (Wildman–Crippen MR) is 106 cm³/mol. The van der Waals surface area contributed by atoms with E-state index in [1.165, 1.54) is 11.1 Å². The van der Waals surface area contributed by atoms with E-state index < -0.39 is 0 Å². The summed E-state index contributed by atoms with van der Waals surface area (Å²) < 4.78 is 1.75. The number of hydrogen-bond donors (Lipinski definition) is 0. The number of carbonyl (C=O) groups is 1. The minimum atomic E-state index is 0.0627. The molecule has 1 saturated heterocycles. The van der Waals surface area contributed by atoms with Crippen molar-refractivity contribution < 1.29 is 4.79 Å². The van der Waals surface area contributed by atoms with E-state index in [0.717, 1.165) is 38.4 Å². The number of para-hydroxylation sites is 1. The highest BCUT2D eigenvalue weighted by molar-refractivity contribution is 5.93. The summed E-state index contributed by atoms with van der Waals surface area (Å²) in [7, 11) is 0. The van der Waals surface area contributed by atoms with Crippen LogP contribution in [0.25, 0.3) is 5.69 Å². The topological polar surface area (TPSA) is 41.4 Å². The Hall–Kier alpha value is -2.92. The summed E-state index contributed by atoms with van der Waals surface area (Å²) in [6.45, 7) is 6.39. The summed E-state index contributed by atoms with van der Waals surface area (Å²) in [4.78, 5) is 17.2. The number of aryl methyl sites for hydroxylation is 1. The lowest BCUT2D eigenvalue weighted by molar-refractivity contribution is 0.0628. The number of carbonyl (C=O) groups excluding carboxylic acids is 1. The maximum absolute atomic E-state index is 12.8. The average Bonchev–Trinajstić information content (AvgIpc) is 3.21. The van der Waals surface area contributed by atoms with Crippen LogP contribution in [0.3, 0.4) is 0 Å². The summed E-state index contributed by atoms with van der Waals surface area (Å²) in [6, 6.07) is 18.4. The molecule has 1 amide bonds. The molecule has 1 aromatic heterocycles. The van der Waals surface area contributed by atoms with Crippen LogP contribution in [0.2, 0.25) is 0 Å². The molecule has 138 valence electrons. The van der Waals surface area contributed by atoms with Gasteiger partial charge in [-0.2, -0.15) is 5.10 Å². The first-order chi connectivity index (χ1) is 13.2. The van der Waals surface area contributed by atoms with E-state index in [9.17, 15) is 4.79 Å². The molecule has 0 atom stereocenters. The molecular formula is C22H24N4O. The first-order valence-electron chi connectivity index (χ1n) is 9.37. The molecule has 1 fully saturated rings. The molecule has 1 aliphatic rings. The fourth-order valence-corrected chi connectivity index (χ4v) is 3.48. The van der Waals surface area contributed by atoms with Crippen molar-refractivity contribution in [1.29, 1.82) is 0 Å². The van der Waals surface area contributed by atoms with Crippen LogP contribution in [0.4, 0.5) is 0 Å². The zero-order chi connectivity index (χ0) is 18.6. The highest BCUT2D eigenvalue weighted by Gasteiger charge is 2.23. The van der Waals surface area contributed by atoms with Gasteiger partial charge in [-0.15, -0.1) is 0 Å². The molecule has 27 heavy (non-hydrogen) atoms. The van der Waals surface area contributed by atoms with Crippen molar-refractivity contribution in [1.82, 2.24) is 19.6 Å². The van der Waals surface area contributed by atoms with Crippen molar-refractivity contribution in [3.05, 3.63) is 83.7 Å². The molecule has 4 rings (SSSR count). The Labute approximate surface area is 159 Å². The van der Waals surface area contributed by atoms with E-state index in [-0.39, 0.29) is 5.91 Å². The molecule has 5 heteroatoms. The van der Waals surface area contributed by atoms with E-state index in [0.29, 0.717) is 5.56 Å². The number of benzene rings is 2. The Kier molecular flexibility index (Phi) is 5.03. The van der Waals surface area contributed by atoms with Gasteiger partial charge >= 0.3 is 0 Å². The molecular weight excluding hydrogens is 336 g/mol. The van der Waals surface area contributed by atoms with Crippen LogP contribution in [-0.2, 0) is 6.54 Å². The number of amides is 1. The van der Waals surface area contributed by atoms with E-state index in [1.54, 1.807) is 10.9 Å². The van der Waals surface area contributed by atoms with Crippen molar-refractivity contribution in [3.8, 4) is 5.69 Å². The molecule has 0 bridgehead atoms. The van der Waals surface area contributed by atoms with Crippen LogP contribution < -0.4 is 0 Å². The summed E-state index contributed by atoms with van der Waals surface area (Å²) in [5.41, 5.74) is 4.29. The second kappa shape index (κ2) is 7.76. The molecule has 0 saturated carbocycles. The molecule has 0 N–H and O–H groups in total. The van der Waals surface area contributed by atoms with E-state index in [2.05, 4.69) is 41.2 Å². The van der Waals surface area contributed by atoms with Gasteiger partial charge in [-0.25, -0.2) is 4.68 Å². The van der Waals surface area contributed by atoms with Crippen LogP contribution in [0, 0.1) is 6.92 Å². The fourth-order valence-electron chi connectivity index (χ4n) is 3.48. The highest BCUT2D eigenvalue weighted by Crippen LogP contribution is 2.15. The quantitative estimate of drug-likeness (QED) is 0.718. The molecule has 2 aromatic carbocycles. The van der Waals surface area contributed by atoms with Gasteiger partial charge in [0.1, 0.15) is 0 Å². The van der Waals surface area contributed by atoms with Crippen LogP contribution in [0.5, 0.6) is 0 Å². The molecule has 0 aliphatic carbocycles. The van der Waals surface area contributed by atoms with Gasteiger partial charge in [0.25, 0.3) is 5.91 Å². The van der Waals surface area contributed by atoms with Gasteiger partial charge in [0.2, 0.25) is 0 Å². The SMILES string of the molecule is Cc1ccccc1CN1CCN(C(=O)c2cnn(-c3ccccc3)c2)CC1. The van der Waals surface area contributed by atoms with Gasteiger partial charge < -0.3 is 4.90 Å². The first-order valence-corrected chi connectivity index (χ1v) is 9.37. The fraction of sp³-hybridized carbons (Fsp3) is 0.273. The average molecular weight is 360 g/mol. The van der Waals surface area contributed by atoms with Gasteiger partial charge in [0.15, 0.2) is 0 Å². The third-order valence-corrected chi connectivity index (χ3v) is 5.16. The Morgan fingerprint density at radius 2 is 1.67 bits per heavy atom. The van der Waals surface area contributed by atoms with E-state index in [4.69, 9.17) is 0 Å². The van der Waals surface area contributed by atoms with Crippen LogP contribution in [0.1, 0.15) is 21.5 Å². The van der Waals surface area contributed by atoms with Gasteiger partial charge in [-0.3, -0.25) is 9.69 Å². The lowest BCUT2D eigenvalue weighted by Crippen LogP contribution is -2.48. The van der Waals surface area contributed by atoms with Crippen LogP contribution in [0.15, 0.2) is 67.0 Å². The van der Waals surface area contributed by atoms with Crippen molar-refractivity contribution >= 4 is 5.91 Å². The Balaban J connectivity index is 1.36. The van der Waals surface area contributed by atoms with Crippen molar-refractivity contribution in [2.75, 3.05) is 26.2 Å². The van der Waals surface area contributed by atoms with Gasteiger partial charge in [-0.05, 0) is 30.2 Å². The Morgan fingerprint density at radius 1 is 0.963 bits per heavy atom. The van der Waals surface area contributed by atoms with Crippen molar-refractivity contribution in [2.45, 2.75) is 13.5 Å². The number of hydrogen-bond acceptors (Lipinski definition) is 3. The van der Waals surface area contributed by atoms with E-state index >= 15 is 0 Å². The van der Waals surface area contributed by atoms with Gasteiger partial charge in [-0.1, -0.05) is 42.5 Å². The third-order valence-electron chi connectivity index (χ3n) is 5.16. The molecule has 0 radical (unpaired) electrons. The minimum Gasteiger partial charge on any atom is -0.336 e. The molecule has 0 spiro atoms. The monoisotopic (exact) mass is 360 g/mol. The largest absolute Gasteiger partial charge is 0.336 e. The Bertz CT molecular complexity index is 911. The molecule has 2 heterocycles. The maximum Gasteiger partial charge on any atom is 0.257 e. The summed E-state index contributed by atoms with van der Waals surface area (Å²) in [6.07, 6.45) is 3.48. The Morgan fingerprint density at radius 3 is 2.41 bits per heavy atom. The second-order valence-corrected chi connectivity index (χ2v) is 7.00. The molecule has 0 unspecified atom stereocenters. The minimum absolute atomic E-state index is 0.0627. The second-order valence-electron chi connectivity index (χ2n) is 7.00. The zero-order valence-corrected chi connectivity index (χ0v) is 15.6. The summed E-state index contributed by atoms with van der Waals surface area (Å²) in [5.74, 6) is 0.0627. The molecule has 5 nitrogen and oxygen atoms in total. The third kappa shape index (κ3) is 3.93. The maximum atomic E-state index is 12.8. The van der Waals surface area contributed by atoms with Crippen molar-refractivity contribution in [3.63, 3.8) is 0 Å². The lowest BCUT2D eigenvalue weighted by Gasteiger charge is -2.34. The number of piperazine rings is 1. The number of nitrogens with zero attached hydrogens (tertiary/aromatic N) is 4. The number of aromatic nitrogens is 2.